The molecule has 2 N–H and O–H groups in total. The fourth-order valence-electron chi connectivity index (χ4n) is 1.87. The number of likely N-dealkylation sites (N-methyl/N-ethyl adjacent to an activating group) is 1. The summed E-state index contributed by atoms with van der Waals surface area (Å²) in [6.45, 7) is 9.34. The number of hydrogen-bond acceptors (Lipinski definition) is 3. The molecule has 0 radical (unpaired) electrons. The molecule has 0 bridgehead atoms. The van der Waals surface area contributed by atoms with E-state index in [1.54, 1.807) is 0 Å². The van der Waals surface area contributed by atoms with Crippen molar-refractivity contribution in [1.82, 2.24) is 4.90 Å². The molecule has 1 unspecified atom stereocenters. The van der Waals surface area contributed by atoms with Crippen molar-refractivity contribution in [2.45, 2.75) is 26.9 Å². The Kier molecular flexibility index (Phi) is 6.47. The van der Waals surface area contributed by atoms with Crippen LogP contribution >= 0.6 is 11.6 Å². The molecule has 4 heteroatoms. The van der Waals surface area contributed by atoms with Crippen molar-refractivity contribution in [1.29, 1.82) is 0 Å². The van der Waals surface area contributed by atoms with E-state index >= 15 is 0 Å². The highest BCUT2D eigenvalue weighted by molar-refractivity contribution is 6.31. The van der Waals surface area contributed by atoms with Crippen molar-refractivity contribution < 1.29 is 5.11 Å². The summed E-state index contributed by atoms with van der Waals surface area (Å²) in [5, 5.41) is 14.0. The molecule has 0 aliphatic carbocycles. The van der Waals surface area contributed by atoms with E-state index in [4.69, 9.17) is 11.6 Å². The molecule has 0 aliphatic rings. The maximum atomic E-state index is 9.97. The van der Waals surface area contributed by atoms with Gasteiger partial charge in [-0.3, -0.25) is 0 Å². The molecule has 3 nitrogen and oxygen atoms in total. The fraction of sp³-hybridized carbons (Fsp3) is 0.571. The quantitative estimate of drug-likeness (QED) is 0.800. The van der Waals surface area contributed by atoms with Crippen LogP contribution in [0.15, 0.2) is 18.2 Å². The van der Waals surface area contributed by atoms with Gasteiger partial charge in [0.2, 0.25) is 0 Å². The lowest BCUT2D eigenvalue weighted by Crippen LogP contribution is -2.36. The number of hydrogen-bond donors (Lipinski definition) is 2. The Morgan fingerprint density at radius 1 is 1.33 bits per heavy atom. The second-order valence-electron chi connectivity index (χ2n) is 4.43. The summed E-state index contributed by atoms with van der Waals surface area (Å²) in [6.07, 6.45) is -0.372. The van der Waals surface area contributed by atoms with E-state index in [1.165, 1.54) is 0 Å². The number of aliphatic hydroxyl groups excluding tert-OH is 1. The highest BCUT2D eigenvalue weighted by Gasteiger charge is 2.09. The van der Waals surface area contributed by atoms with Crippen LogP contribution in [0.5, 0.6) is 0 Å². The van der Waals surface area contributed by atoms with Crippen LogP contribution in [0.25, 0.3) is 0 Å². The third-order valence-corrected chi connectivity index (χ3v) is 3.57. The molecule has 0 aliphatic heterocycles. The summed E-state index contributed by atoms with van der Waals surface area (Å²) < 4.78 is 0. The first-order chi connectivity index (χ1) is 8.58. The average molecular weight is 271 g/mol. The van der Waals surface area contributed by atoms with Gasteiger partial charge in [0, 0.05) is 23.8 Å². The zero-order valence-electron chi connectivity index (χ0n) is 11.4. The molecule has 0 aromatic heterocycles. The van der Waals surface area contributed by atoms with E-state index in [0.717, 1.165) is 29.4 Å². The van der Waals surface area contributed by atoms with E-state index in [9.17, 15) is 5.11 Å². The molecule has 18 heavy (non-hydrogen) atoms. The molecule has 0 amide bonds. The molecule has 1 aromatic rings. The van der Waals surface area contributed by atoms with Gasteiger partial charge in [0.15, 0.2) is 0 Å². The van der Waals surface area contributed by atoms with Gasteiger partial charge in [-0.15, -0.1) is 0 Å². The molecule has 0 heterocycles. The van der Waals surface area contributed by atoms with Gasteiger partial charge in [0.05, 0.1) is 6.10 Å². The van der Waals surface area contributed by atoms with Gasteiger partial charge < -0.3 is 15.3 Å². The van der Waals surface area contributed by atoms with Gasteiger partial charge in [0.25, 0.3) is 0 Å². The minimum atomic E-state index is -0.372. The Hall–Kier alpha value is -0.770. The second kappa shape index (κ2) is 7.62. The summed E-state index contributed by atoms with van der Waals surface area (Å²) in [7, 11) is 0. The predicted octanol–water partition coefficient (Wildman–Crippen LogP) is 2.76. The molecule has 1 atom stereocenters. The van der Waals surface area contributed by atoms with Gasteiger partial charge in [-0.2, -0.15) is 0 Å². The van der Waals surface area contributed by atoms with Gasteiger partial charge in [-0.1, -0.05) is 31.5 Å². The van der Waals surface area contributed by atoms with Crippen molar-refractivity contribution >= 4 is 17.3 Å². The van der Waals surface area contributed by atoms with Crippen molar-refractivity contribution in [3.63, 3.8) is 0 Å². The fourth-order valence-corrected chi connectivity index (χ4v) is 2.05. The Labute approximate surface area is 115 Å². The van der Waals surface area contributed by atoms with Gasteiger partial charge in [0.1, 0.15) is 0 Å². The van der Waals surface area contributed by atoms with Crippen LogP contribution in [0.3, 0.4) is 0 Å². The van der Waals surface area contributed by atoms with E-state index in [2.05, 4.69) is 24.1 Å². The lowest BCUT2D eigenvalue weighted by molar-refractivity contribution is 0.128. The third kappa shape index (κ3) is 4.48. The van der Waals surface area contributed by atoms with Crippen molar-refractivity contribution in [3.05, 3.63) is 28.8 Å². The molecule has 0 spiro atoms. The Balaban J connectivity index is 2.47. The van der Waals surface area contributed by atoms with E-state index in [1.807, 2.05) is 25.1 Å². The summed E-state index contributed by atoms with van der Waals surface area (Å²) in [5.41, 5.74) is 2.01. The predicted molar refractivity (Wildman–Crippen MR) is 78.5 cm³/mol. The van der Waals surface area contributed by atoms with Crippen LogP contribution in [-0.2, 0) is 0 Å². The molecular formula is C14H23ClN2O. The van der Waals surface area contributed by atoms with Crippen molar-refractivity contribution in [2.24, 2.45) is 0 Å². The molecular weight excluding hydrogens is 248 g/mol. The standard InChI is InChI=1S/C14H23ClN2O/c1-4-17(5-2)10-12(18)9-16-14-8-6-7-13(15)11(14)3/h6-8,12,16,18H,4-5,9-10H2,1-3H3. The number of benzene rings is 1. The topological polar surface area (TPSA) is 35.5 Å². The normalized spacial score (nSPS) is 12.8. The van der Waals surface area contributed by atoms with Gasteiger partial charge in [-0.25, -0.2) is 0 Å². The van der Waals surface area contributed by atoms with E-state index < -0.39 is 0 Å². The highest BCUT2D eigenvalue weighted by Crippen LogP contribution is 2.22. The smallest absolute Gasteiger partial charge is 0.0839 e. The van der Waals surface area contributed by atoms with Crippen LogP contribution in [0.2, 0.25) is 5.02 Å². The SMILES string of the molecule is CCN(CC)CC(O)CNc1cccc(Cl)c1C. The van der Waals surface area contributed by atoms with Crippen LogP contribution in [0.1, 0.15) is 19.4 Å². The highest BCUT2D eigenvalue weighted by atomic mass is 35.5. The first kappa shape index (κ1) is 15.3. The maximum absolute atomic E-state index is 9.97. The zero-order chi connectivity index (χ0) is 13.5. The maximum Gasteiger partial charge on any atom is 0.0839 e. The van der Waals surface area contributed by atoms with Gasteiger partial charge >= 0.3 is 0 Å². The van der Waals surface area contributed by atoms with Crippen LogP contribution < -0.4 is 5.32 Å². The summed E-state index contributed by atoms with van der Waals surface area (Å²) in [5.74, 6) is 0. The summed E-state index contributed by atoms with van der Waals surface area (Å²) >= 11 is 6.05. The minimum Gasteiger partial charge on any atom is -0.390 e. The average Bonchev–Trinajstić information content (AvgIpc) is 2.37. The van der Waals surface area contributed by atoms with Crippen molar-refractivity contribution in [2.75, 3.05) is 31.5 Å². The molecule has 0 fully saturated rings. The van der Waals surface area contributed by atoms with E-state index in [0.29, 0.717) is 13.1 Å². The Bertz CT molecular complexity index is 367. The monoisotopic (exact) mass is 270 g/mol. The number of aliphatic hydroxyl groups is 1. The number of anilines is 1. The first-order valence-electron chi connectivity index (χ1n) is 6.47. The Morgan fingerprint density at radius 3 is 2.61 bits per heavy atom. The van der Waals surface area contributed by atoms with Crippen molar-refractivity contribution in [3.8, 4) is 0 Å². The zero-order valence-corrected chi connectivity index (χ0v) is 12.2. The lowest BCUT2D eigenvalue weighted by atomic mass is 10.2. The van der Waals surface area contributed by atoms with Crippen LogP contribution in [-0.4, -0.2) is 42.3 Å². The summed E-state index contributed by atoms with van der Waals surface area (Å²) in [6, 6.07) is 5.76. The summed E-state index contributed by atoms with van der Waals surface area (Å²) in [4.78, 5) is 2.21. The number of halogens is 1. The lowest BCUT2D eigenvalue weighted by Gasteiger charge is -2.22. The van der Waals surface area contributed by atoms with E-state index in [-0.39, 0.29) is 6.10 Å². The second-order valence-corrected chi connectivity index (χ2v) is 4.84. The van der Waals surface area contributed by atoms with Crippen LogP contribution in [0, 0.1) is 6.92 Å². The number of nitrogens with zero attached hydrogens (tertiary/aromatic N) is 1. The third-order valence-electron chi connectivity index (χ3n) is 3.16. The molecule has 102 valence electrons. The molecule has 1 aromatic carbocycles. The molecule has 1 rings (SSSR count). The molecule has 0 saturated carbocycles. The first-order valence-corrected chi connectivity index (χ1v) is 6.85. The van der Waals surface area contributed by atoms with Crippen LogP contribution in [0.4, 0.5) is 5.69 Å². The Morgan fingerprint density at radius 2 is 2.00 bits per heavy atom. The molecule has 0 saturated heterocycles. The van der Waals surface area contributed by atoms with Gasteiger partial charge in [-0.05, 0) is 37.7 Å². The minimum absolute atomic E-state index is 0.372. The largest absolute Gasteiger partial charge is 0.390 e. The number of nitrogens with one attached hydrogen (secondary N) is 1. The number of rotatable bonds is 7.